The van der Waals surface area contributed by atoms with Crippen LogP contribution in [0.4, 0.5) is 0 Å². The Morgan fingerprint density at radius 2 is 1.88 bits per heavy atom. The molecular weight excluding hydrogens is 350 g/mol. The summed E-state index contributed by atoms with van der Waals surface area (Å²) in [5, 5.41) is 0. The Morgan fingerprint density at radius 1 is 1.20 bits per heavy atom. The molecule has 3 rings (SSSR count). The van der Waals surface area contributed by atoms with Crippen LogP contribution in [0, 0.1) is 0 Å². The van der Waals surface area contributed by atoms with Crippen molar-refractivity contribution in [2.24, 2.45) is 0 Å². The second-order valence-electron chi connectivity index (χ2n) is 6.59. The van der Waals surface area contributed by atoms with Gasteiger partial charge in [-0.05, 0) is 18.9 Å². The molecule has 2 aliphatic rings. The minimum atomic E-state index is 0.0658. The van der Waals surface area contributed by atoms with Crippen molar-refractivity contribution in [1.82, 2.24) is 14.7 Å². The number of benzene rings is 1. The first-order chi connectivity index (χ1) is 12.1. The van der Waals surface area contributed by atoms with Crippen molar-refractivity contribution in [2.45, 2.75) is 32.9 Å². The topological polar surface area (TPSA) is 26.8 Å². The molecule has 2 aliphatic heterocycles. The van der Waals surface area contributed by atoms with Crippen LogP contribution in [-0.4, -0.2) is 57.1 Å². The van der Waals surface area contributed by atoms with E-state index in [0.29, 0.717) is 4.32 Å². The summed E-state index contributed by atoms with van der Waals surface area (Å²) in [6.07, 6.45) is 2.93. The van der Waals surface area contributed by atoms with Crippen LogP contribution in [0.3, 0.4) is 0 Å². The third kappa shape index (κ3) is 4.43. The second kappa shape index (κ2) is 8.34. The van der Waals surface area contributed by atoms with Gasteiger partial charge in [0.15, 0.2) is 0 Å². The van der Waals surface area contributed by atoms with E-state index in [-0.39, 0.29) is 11.9 Å². The van der Waals surface area contributed by atoms with Gasteiger partial charge in [-0.2, -0.15) is 0 Å². The lowest BCUT2D eigenvalue weighted by Gasteiger charge is -2.34. The molecule has 0 aromatic heterocycles. The van der Waals surface area contributed by atoms with Crippen LogP contribution in [0.25, 0.3) is 0 Å². The number of nitrogens with zero attached hydrogens (tertiary/aromatic N) is 3. The maximum absolute atomic E-state index is 12.6. The third-order valence-corrected chi connectivity index (χ3v) is 6.13. The van der Waals surface area contributed by atoms with E-state index in [1.807, 2.05) is 6.20 Å². The molecule has 134 valence electrons. The maximum Gasteiger partial charge on any atom is 0.267 e. The zero-order valence-corrected chi connectivity index (χ0v) is 16.5. The van der Waals surface area contributed by atoms with Crippen molar-refractivity contribution in [3.8, 4) is 0 Å². The molecular formula is C19H25N3OS2. The second-order valence-corrected chi connectivity index (χ2v) is 8.27. The summed E-state index contributed by atoms with van der Waals surface area (Å²) in [5.41, 5.74) is 1.35. The number of rotatable bonds is 5. The highest BCUT2D eigenvalue weighted by Gasteiger charge is 2.35. The quantitative estimate of drug-likeness (QED) is 0.581. The Labute approximate surface area is 159 Å². The summed E-state index contributed by atoms with van der Waals surface area (Å²) in [6.45, 7) is 9.04. The van der Waals surface area contributed by atoms with E-state index in [4.69, 9.17) is 12.2 Å². The van der Waals surface area contributed by atoms with Crippen LogP contribution in [0.5, 0.6) is 0 Å². The summed E-state index contributed by atoms with van der Waals surface area (Å²) in [6, 6.07) is 10.7. The zero-order chi connectivity index (χ0) is 17.8. The summed E-state index contributed by atoms with van der Waals surface area (Å²) < 4.78 is 0.688. The van der Waals surface area contributed by atoms with Gasteiger partial charge in [-0.3, -0.25) is 14.6 Å². The molecule has 6 heteroatoms. The third-order valence-electron chi connectivity index (χ3n) is 4.81. The van der Waals surface area contributed by atoms with E-state index in [1.165, 1.54) is 17.3 Å². The molecule has 0 spiro atoms. The molecule has 25 heavy (non-hydrogen) atoms. The number of amides is 1. The van der Waals surface area contributed by atoms with Crippen LogP contribution in [-0.2, 0) is 11.3 Å². The highest BCUT2D eigenvalue weighted by molar-refractivity contribution is 8.26. The minimum absolute atomic E-state index is 0.0658. The molecule has 0 radical (unpaired) electrons. The average Bonchev–Trinajstić information content (AvgIpc) is 2.90. The van der Waals surface area contributed by atoms with Crippen LogP contribution in [0.1, 0.15) is 25.8 Å². The predicted molar refractivity (Wildman–Crippen MR) is 108 cm³/mol. The largest absolute Gasteiger partial charge is 0.374 e. The van der Waals surface area contributed by atoms with Gasteiger partial charge in [0.1, 0.15) is 4.32 Å². The van der Waals surface area contributed by atoms with Crippen LogP contribution < -0.4 is 0 Å². The minimum Gasteiger partial charge on any atom is -0.374 e. The first kappa shape index (κ1) is 18.4. The summed E-state index contributed by atoms with van der Waals surface area (Å²) in [5.74, 6) is 0.0658. The van der Waals surface area contributed by atoms with Crippen LogP contribution in [0.15, 0.2) is 41.4 Å². The number of thiocarbonyl (C=S) groups is 1. The summed E-state index contributed by atoms with van der Waals surface area (Å²) >= 11 is 6.83. The Bertz CT molecular complexity index is 654. The van der Waals surface area contributed by atoms with Gasteiger partial charge in [0.05, 0.1) is 4.91 Å². The predicted octanol–water partition coefficient (Wildman–Crippen LogP) is 3.30. The number of piperazine rings is 1. The van der Waals surface area contributed by atoms with Gasteiger partial charge in [-0.25, -0.2) is 0 Å². The molecule has 2 fully saturated rings. The van der Waals surface area contributed by atoms with E-state index >= 15 is 0 Å². The first-order valence-corrected chi connectivity index (χ1v) is 10.1. The highest BCUT2D eigenvalue weighted by Crippen LogP contribution is 2.33. The molecule has 0 N–H and O–H groups in total. The van der Waals surface area contributed by atoms with Gasteiger partial charge in [-0.1, -0.05) is 61.2 Å². The van der Waals surface area contributed by atoms with Crippen LogP contribution in [0.2, 0.25) is 0 Å². The van der Waals surface area contributed by atoms with Crippen molar-refractivity contribution in [1.29, 1.82) is 0 Å². The molecule has 0 aliphatic carbocycles. The van der Waals surface area contributed by atoms with E-state index in [0.717, 1.165) is 44.0 Å². The van der Waals surface area contributed by atoms with Crippen molar-refractivity contribution in [3.63, 3.8) is 0 Å². The van der Waals surface area contributed by atoms with Gasteiger partial charge in [0.2, 0.25) is 0 Å². The number of hydrogen-bond donors (Lipinski definition) is 0. The monoisotopic (exact) mass is 375 g/mol. The molecule has 4 nitrogen and oxygen atoms in total. The van der Waals surface area contributed by atoms with E-state index in [1.54, 1.807) is 4.90 Å². The molecule has 0 saturated carbocycles. The van der Waals surface area contributed by atoms with E-state index in [2.05, 4.69) is 54.0 Å². The van der Waals surface area contributed by atoms with E-state index < -0.39 is 0 Å². The maximum atomic E-state index is 12.6. The van der Waals surface area contributed by atoms with Gasteiger partial charge < -0.3 is 4.90 Å². The number of thioether (sulfide) groups is 1. The normalized spacial score (nSPS) is 22.1. The van der Waals surface area contributed by atoms with Crippen molar-refractivity contribution in [2.75, 3.05) is 26.2 Å². The summed E-state index contributed by atoms with van der Waals surface area (Å²) in [7, 11) is 0. The van der Waals surface area contributed by atoms with Gasteiger partial charge in [-0.15, -0.1) is 0 Å². The van der Waals surface area contributed by atoms with Gasteiger partial charge in [0.25, 0.3) is 5.91 Å². The fourth-order valence-corrected chi connectivity index (χ4v) is 4.56. The smallest absolute Gasteiger partial charge is 0.267 e. The van der Waals surface area contributed by atoms with Crippen molar-refractivity contribution in [3.05, 3.63) is 47.0 Å². The standard InChI is InChI=1S/C19H25N3OS2/c1-3-15(2)22-18(23)17(25-19(22)24)14-21-11-9-20(10-12-21)13-16-7-5-4-6-8-16/h4-8,14-15H,3,9-13H2,1-2H3/b17-14-/t15-/m0/s1. The highest BCUT2D eigenvalue weighted by atomic mass is 32.2. The Balaban J connectivity index is 1.56. The number of carbonyl (C=O) groups excluding carboxylic acids is 1. The average molecular weight is 376 g/mol. The number of hydrogen-bond acceptors (Lipinski definition) is 5. The molecule has 1 aromatic carbocycles. The lowest BCUT2D eigenvalue weighted by Crippen LogP contribution is -2.43. The molecule has 0 unspecified atom stereocenters. The number of carbonyl (C=O) groups is 1. The molecule has 0 bridgehead atoms. The molecule has 2 heterocycles. The van der Waals surface area contributed by atoms with Crippen LogP contribution >= 0.6 is 24.0 Å². The van der Waals surface area contributed by atoms with Gasteiger partial charge in [0, 0.05) is 45.0 Å². The molecule has 1 aromatic rings. The fraction of sp³-hybridized carbons (Fsp3) is 0.474. The van der Waals surface area contributed by atoms with Crippen molar-refractivity contribution >= 4 is 34.2 Å². The molecule has 1 atom stereocenters. The Hall–Kier alpha value is -1.37. The Morgan fingerprint density at radius 3 is 2.52 bits per heavy atom. The van der Waals surface area contributed by atoms with Crippen molar-refractivity contribution < 1.29 is 4.79 Å². The zero-order valence-electron chi connectivity index (χ0n) is 14.9. The fourth-order valence-electron chi connectivity index (χ4n) is 3.09. The van der Waals surface area contributed by atoms with Gasteiger partial charge >= 0.3 is 0 Å². The lowest BCUT2D eigenvalue weighted by atomic mass is 10.2. The molecule has 2 saturated heterocycles. The SMILES string of the molecule is CC[C@H](C)N1C(=O)/C(=C/N2CCN(Cc3ccccc3)CC2)SC1=S. The first-order valence-electron chi connectivity index (χ1n) is 8.86. The Kier molecular flexibility index (Phi) is 6.15. The summed E-state index contributed by atoms with van der Waals surface area (Å²) in [4.78, 5) is 19.9. The lowest BCUT2D eigenvalue weighted by molar-refractivity contribution is -0.123. The van der Waals surface area contributed by atoms with E-state index in [9.17, 15) is 4.79 Å². The molecule has 1 amide bonds.